The van der Waals surface area contributed by atoms with Crippen molar-refractivity contribution in [2.45, 2.75) is 31.2 Å². The van der Waals surface area contributed by atoms with Crippen molar-refractivity contribution < 1.29 is 4.79 Å². The number of benzene rings is 1. The van der Waals surface area contributed by atoms with Gasteiger partial charge in [0.05, 0.1) is 0 Å². The molecule has 6 heteroatoms. The highest BCUT2D eigenvalue weighted by atomic mass is 16.1. The Morgan fingerprint density at radius 3 is 3.00 bits per heavy atom. The van der Waals surface area contributed by atoms with E-state index in [9.17, 15) is 4.79 Å². The number of hydrogen-bond acceptors (Lipinski definition) is 3. The number of nitrogens with two attached hydrogens (primary N) is 1. The van der Waals surface area contributed by atoms with Crippen LogP contribution in [0, 0.1) is 0 Å². The molecule has 0 aromatic heterocycles. The summed E-state index contributed by atoms with van der Waals surface area (Å²) < 4.78 is 0. The Morgan fingerprint density at radius 2 is 2.25 bits per heavy atom. The maximum Gasteiger partial charge on any atom is 0.242 e. The van der Waals surface area contributed by atoms with Gasteiger partial charge in [0.1, 0.15) is 5.54 Å². The quantitative estimate of drug-likeness (QED) is 0.281. The molecule has 1 atom stereocenters. The van der Waals surface area contributed by atoms with Crippen molar-refractivity contribution >= 4 is 5.91 Å². The van der Waals surface area contributed by atoms with Gasteiger partial charge in [-0.15, -0.1) is 0 Å². The van der Waals surface area contributed by atoms with E-state index < -0.39 is 5.54 Å². The summed E-state index contributed by atoms with van der Waals surface area (Å²) in [7, 11) is 0. The fourth-order valence-electron chi connectivity index (χ4n) is 2.89. The third-order valence-corrected chi connectivity index (χ3v) is 3.85. The largest absolute Gasteiger partial charge is 0.368 e. The second-order valence-corrected chi connectivity index (χ2v) is 5.02. The average molecular weight is 273 g/mol. The molecule has 0 radical (unpaired) electrons. The molecule has 1 aromatic carbocycles. The van der Waals surface area contributed by atoms with E-state index in [1.807, 2.05) is 24.3 Å². The summed E-state index contributed by atoms with van der Waals surface area (Å²) in [4.78, 5) is 14.8. The molecule has 6 nitrogen and oxygen atoms in total. The lowest BCUT2D eigenvalue weighted by Crippen LogP contribution is -2.53. The minimum absolute atomic E-state index is 0.299. The first kappa shape index (κ1) is 14.4. The normalized spacial score (nSPS) is 21.4. The van der Waals surface area contributed by atoms with Crippen LogP contribution in [0.4, 0.5) is 0 Å². The Hall–Kier alpha value is -2.04. The summed E-state index contributed by atoms with van der Waals surface area (Å²) in [6, 6.07) is 7.92. The number of fused-ring (bicyclic) bond motifs is 1. The fraction of sp³-hybridized carbons (Fsp3) is 0.500. The van der Waals surface area contributed by atoms with Crippen molar-refractivity contribution in [2.75, 3.05) is 13.1 Å². The maximum absolute atomic E-state index is 12.1. The van der Waals surface area contributed by atoms with Gasteiger partial charge in [0.2, 0.25) is 5.91 Å². The maximum atomic E-state index is 12.1. The lowest BCUT2D eigenvalue weighted by atomic mass is 9.83. The van der Waals surface area contributed by atoms with Gasteiger partial charge in [0, 0.05) is 18.0 Å². The van der Waals surface area contributed by atoms with Gasteiger partial charge in [0.15, 0.2) is 0 Å². The molecule has 3 N–H and O–H groups in total. The molecule has 20 heavy (non-hydrogen) atoms. The SMILES string of the molecule is [N-]=[N+]=NCCNC1(C(N)=O)CCCCc2ccccc21. The number of amides is 1. The van der Waals surface area contributed by atoms with E-state index >= 15 is 0 Å². The van der Waals surface area contributed by atoms with Crippen LogP contribution < -0.4 is 11.1 Å². The molecule has 2 rings (SSSR count). The lowest BCUT2D eigenvalue weighted by molar-refractivity contribution is -0.125. The second kappa shape index (κ2) is 6.41. The highest BCUT2D eigenvalue weighted by Crippen LogP contribution is 2.34. The van der Waals surface area contributed by atoms with Gasteiger partial charge < -0.3 is 5.73 Å². The summed E-state index contributed by atoms with van der Waals surface area (Å²) in [5.74, 6) is -0.368. The van der Waals surface area contributed by atoms with Gasteiger partial charge >= 0.3 is 0 Å². The fourth-order valence-corrected chi connectivity index (χ4v) is 2.89. The molecule has 0 aliphatic heterocycles. The Balaban J connectivity index is 2.35. The van der Waals surface area contributed by atoms with Crippen LogP contribution in [0.3, 0.4) is 0 Å². The van der Waals surface area contributed by atoms with Crippen LogP contribution in [-0.4, -0.2) is 19.0 Å². The van der Waals surface area contributed by atoms with Crippen molar-refractivity contribution in [1.82, 2.24) is 5.32 Å². The van der Waals surface area contributed by atoms with Crippen LogP contribution in [0.2, 0.25) is 0 Å². The average Bonchev–Trinajstić information content (AvgIpc) is 2.64. The molecule has 106 valence electrons. The van der Waals surface area contributed by atoms with Crippen molar-refractivity contribution in [3.63, 3.8) is 0 Å². The first-order chi connectivity index (χ1) is 9.70. The van der Waals surface area contributed by atoms with Crippen molar-refractivity contribution in [1.29, 1.82) is 0 Å². The smallest absolute Gasteiger partial charge is 0.242 e. The lowest BCUT2D eigenvalue weighted by Gasteiger charge is -2.32. The summed E-state index contributed by atoms with van der Waals surface area (Å²) in [5, 5.41) is 6.72. The second-order valence-electron chi connectivity index (χ2n) is 5.02. The van der Waals surface area contributed by atoms with E-state index in [2.05, 4.69) is 15.3 Å². The number of nitrogens with one attached hydrogen (secondary N) is 1. The van der Waals surface area contributed by atoms with Gasteiger partial charge in [-0.3, -0.25) is 10.1 Å². The zero-order chi connectivity index (χ0) is 14.4. The van der Waals surface area contributed by atoms with E-state index in [0.29, 0.717) is 19.5 Å². The predicted molar refractivity (Wildman–Crippen MR) is 76.9 cm³/mol. The molecule has 0 fully saturated rings. The van der Waals surface area contributed by atoms with Crippen LogP contribution in [0.1, 0.15) is 30.4 Å². The molecular weight excluding hydrogens is 254 g/mol. The van der Waals surface area contributed by atoms with E-state index in [1.165, 1.54) is 5.56 Å². The molecule has 0 saturated carbocycles. The predicted octanol–water partition coefficient (Wildman–Crippen LogP) is 1.99. The minimum atomic E-state index is -0.849. The molecule has 0 spiro atoms. The highest BCUT2D eigenvalue weighted by molar-refractivity contribution is 5.86. The van der Waals surface area contributed by atoms with Gasteiger partial charge in [-0.05, 0) is 35.9 Å². The number of azide groups is 1. The summed E-state index contributed by atoms with van der Waals surface area (Å²) in [5.41, 5.74) is 15.3. The van der Waals surface area contributed by atoms with E-state index in [1.54, 1.807) is 0 Å². The molecule has 1 aliphatic rings. The number of aryl methyl sites for hydroxylation is 1. The first-order valence-corrected chi connectivity index (χ1v) is 6.85. The van der Waals surface area contributed by atoms with Crippen LogP contribution >= 0.6 is 0 Å². The standard InChI is InChI=1S/C14H19N5O/c15-13(20)14(17-9-10-18-19-16)8-4-3-6-11-5-1-2-7-12(11)14/h1-2,5,7,17H,3-4,6,8-10H2,(H2,15,20). The van der Waals surface area contributed by atoms with Gasteiger partial charge in [-0.25, -0.2) is 0 Å². The highest BCUT2D eigenvalue weighted by Gasteiger charge is 2.40. The first-order valence-electron chi connectivity index (χ1n) is 6.85. The molecule has 1 aliphatic carbocycles. The number of carbonyl (C=O) groups is 1. The summed E-state index contributed by atoms with van der Waals surface area (Å²) >= 11 is 0. The minimum Gasteiger partial charge on any atom is -0.368 e. The summed E-state index contributed by atoms with van der Waals surface area (Å²) in [6.45, 7) is 0.731. The van der Waals surface area contributed by atoms with Crippen LogP contribution in [0.25, 0.3) is 10.4 Å². The van der Waals surface area contributed by atoms with Crippen LogP contribution in [0.5, 0.6) is 0 Å². The Kier molecular flexibility index (Phi) is 4.61. The van der Waals surface area contributed by atoms with Crippen LogP contribution in [-0.2, 0) is 16.8 Å². The van der Waals surface area contributed by atoms with Crippen LogP contribution in [0.15, 0.2) is 29.4 Å². The molecule has 1 amide bonds. The Labute approximate surface area is 118 Å². The monoisotopic (exact) mass is 273 g/mol. The molecule has 0 bridgehead atoms. The number of nitrogens with zero attached hydrogens (tertiary/aromatic N) is 3. The third kappa shape index (κ3) is 2.76. The Bertz CT molecular complexity index is 538. The Morgan fingerprint density at radius 1 is 1.45 bits per heavy atom. The topological polar surface area (TPSA) is 104 Å². The number of hydrogen-bond donors (Lipinski definition) is 2. The zero-order valence-electron chi connectivity index (χ0n) is 11.4. The number of rotatable bonds is 5. The van der Waals surface area contributed by atoms with Gasteiger partial charge in [0.25, 0.3) is 0 Å². The number of carbonyl (C=O) groups excluding carboxylic acids is 1. The molecular formula is C14H19N5O. The summed E-state index contributed by atoms with van der Waals surface area (Å²) in [6.07, 6.45) is 3.62. The molecule has 0 saturated heterocycles. The molecule has 1 unspecified atom stereocenters. The zero-order valence-corrected chi connectivity index (χ0v) is 11.4. The van der Waals surface area contributed by atoms with E-state index in [0.717, 1.165) is 24.8 Å². The van der Waals surface area contributed by atoms with E-state index in [4.69, 9.17) is 11.3 Å². The van der Waals surface area contributed by atoms with E-state index in [-0.39, 0.29) is 5.91 Å². The van der Waals surface area contributed by atoms with Crippen molar-refractivity contribution in [3.05, 3.63) is 45.8 Å². The van der Waals surface area contributed by atoms with Gasteiger partial charge in [-0.2, -0.15) is 0 Å². The third-order valence-electron chi connectivity index (χ3n) is 3.85. The molecule has 1 aromatic rings. The molecule has 0 heterocycles. The van der Waals surface area contributed by atoms with Gasteiger partial charge in [-0.1, -0.05) is 35.8 Å². The number of primary amides is 1. The van der Waals surface area contributed by atoms with Crippen molar-refractivity contribution in [2.24, 2.45) is 10.8 Å². The van der Waals surface area contributed by atoms with Crippen molar-refractivity contribution in [3.8, 4) is 0 Å².